The molecule has 5 rings (SSSR count). The maximum atomic E-state index is 6.27. The summed E-state index contributed by atoms with van der Waals surface area (Å²) in [4.78, 5) is 4.79. The lowest BCUT2D eigenvalue weighted by Gasteiger charge is -1.92. The van der Waals surface area contributed by atoms with Crippen molar-refractivity contribution in [2.75, 3.05) is 0 Å². The van der Waals surface area contributed by atoms with Gasteiger partial charge in [-0.3, -0.25) is 0 Å². The van der Waals surface area contributed by atoms with Gasteiger partial charge in [-0.1, -0.05) is 54.1 Å². The van der Waals surface area contributed by atoms with Crippen LogP contribution in [-0.4, -0.2) is 4.98 Å². The van der Waals surface area contributed by atoms with Crippen molar-refractivity contribution in [3.8, 4) is 10.6 Å². The Labute approximate surface area is 140 Å². The van der Waals surface area contributed by atoms with E-state index in [0.29, 0.717) is 5.02 Å². The molecule has 110 valence electrons. The lowest BCUT2D eigenvalue weighted by molar-refractivity contribution is 0.669. The zero-order chi connectivity index (χ0) is 15.4. The fourth-order valence-corrected chi connectivity index (χ4v) is 4.27. The number of thiazole rings is 1. The number of aromatic nitrogens is 1. The zero-order valence-electron chi connectivity index (χ0n) is 11.9. The maximum Gasteiger partial charge on any atom is 0.154 e. The molecule has 0 saturated carbocycles. The lowest BCUT2D eigenvalue weighted by atomic mass is 10.1. The van der Waals surface area contributed by atoms with Crippen LogP contribution < -0.4 is 0 Å². The molecule has 4 heteroatoms. The third kappa shape index (κ3) is 1.90. The fourth-order valence-electron chi connectivity index (χ4n) is 2.94. The molecule has 0 bridgehead atoms. The Balaban J connectivity index is 1.91. The van der Waals surface area contributed by atoms with E-state index in [0.717, 1.165) is 42.7 Å². The second-order valence-electron chi connectivity index (χ2n) is 5.39. The van der Waals surface area contributed by atoms with Gasteiger partial charge >= 0.3 is 0 Å². The topological polar surface area (TPSA) is 26.0 Å². The minimum atomic E-state index is 0.639. The summed E-state index contributed by atoms with van der Waals surface area (Å²) in [7, 11) is 0. The van der Waals surface area contributed by atoms with Crippen LogP contribution in [-0.2, 0) is 0 Å². The summed E-state index contributed by atoms with van der Waals surface area (Å²) < 4.78 is 7.09. The Kier molecular flexibility index (Phi) is 2.75. The summed E-state index contributed by atoms with van der Waals surface area (Å²) in [5.41, 5.74) is 3.71. The van der Waals surface area contributed by atoms with Crippen molar-refractivity contribution < 1.29 is 4.42 Å². The van der Waals surface area contributed by atoms with Gasteiger partial charge in [-0.05, 0) is 18.2 Å². The predicted molar refractivity (Wildman–Crippen MR) is 97.3 cm³/mol. The second kappa shape index (κ2) is 4.82. The highest BCUT2D eigenvalue weighted by atomic mass is 35.5. The second-order valence-corrected chi connectivity index (χ2v) is 6.80. The number of hydrogen-bond donors (Lipinski definition) is 0. The lowest BCUT2D eigenvalue weighted by Crippen LogP contribution is -1.73. The van der Waals surface area contributed by atoms with Crippen LogP contribution in [0.5, 0.6) is 0 Å². The number of hydrogen-bond acceptors (Lipinski definition) is 3. The first-order valence-electron chi connectivity index (χ1n) is 7.27. The highest BCUT2D eigenvalue weighted by molar-refractivity contribution is 7.22. The third-order valence-corrected chi connectivity index (χ3v) is 5.42. The van der Waals surface area contributed by atoms with E-state index >= 15 is 0 Å². The van der Waals surface area contributed by atoms with Gasteiger partial charge in [-0.2, -0.15) is 0 Å². The smallest absolute Gasteiger partial charge is 0.154 e. The molecule has 0 N–H and O–H groups in total. The Bertz CT molecular complexity index is 1170. The standard InChI is InChI=1S/C19H10ClNOS/c20-13-8-4-7-12-16-15(22-17(12)13)10-9-14-18(16)23-19(21-14)11-5-2-1-3-6-11/h1-10H. The van der Waals surface area contributed by atoms with E-state index in [2.05, 4.69) is 12.1 Å². The molecule has 0 saturated heterocycles. The zero-order valence-corrected chi connectivity index (χ0v) is 13.5. The van der Waals surface area contributed by atoms with Gasteiger partial charge in [0.15, 0.2) is 5.58 Å². The maximum absolute atomic E-state index is 6.27. The molecule has 0 atom stereocenters. The van der Waals surface area contributed by atoms with Crippen molar-refractivity contribution in [1.82, 2.24) is 4.98 Å². The van der Waals surface area contributed by atoms with Gasteiger partial charge in [0.05, 0.1) is 15.2 Å². The molecule has 0 spiro atoms. The molecule has 0 aliphatic rings. The first-order valence-corrected chi connectivity index (χ1v) is 8.46. The van der Waals surface area contributed by atoms with Crippen LogP contribution >= 0.6 is 22.9 Å². The van der Waals surface area contributed by atoms with Crippen LogP contribution in [0.25, 0.3) is 42.7 Å². The van der Waals surface area contributed by atoms with E-state index in [-0.39, 0.29) is 0 Å². The van der Waals surface area contributed by atoms with Gasteiger partial charge < -0.3 is 4.42 Å². The Morgan fingerprint density at radius 2 is 1.78 bits per heavy atom. The molecule has 3 aromatic carbocycles. The summed E-state index contributed by atoms with van der Waals surface area (Å²) in [6, 6.07) is 20.1. The number of fused-ring (bicyclic) bond motifs is 5. The quantitative estimate of drug-likeness (QED) is 0.348. The normalized spacial score (nSPS) is 11.7. The van der Waals surface area contributed by atoms with Crippen molar-refractivity contribution in [2.45, 2.75) is 0 Å². The molecule has 2 nitrogen and oxygen atoms in total. The Morgan fingerprint density at radius 3 is 2.65 bits per heavy atom. The largest absolute Gasteiger partial charge is 0.454 e. The highest BCUT2D eigenvalue weighted by Gasteiger charge is 2.15. The van der Waals surface area contributed by atoms with E-state index in [1.807, 2.05) is 48.5 Å². The Hall–Kier alpha value is -2.36. The van der Waals surface area contributed by atoms with Gasteiger partial charge in [-0.25, -0.2) is 4.98 Å². The van der Waals surface area contributed by atoms with Crippen molar-refractivity contribution >= 4 is 55.1 Å². The molecule has 2 aromatic heterocycles. The molecule has 0 unspecified atom stereocenters. The molecule has 0 radical (unpaired) electrons. The van der Waals surface area contributed by atoms with E-state index in [4.69, 9.17) is 21.0 Å². The van der Waals surface area contributed by atoms with Crippen molar-refractivity contribution in [3.05, 3.63) is 65.7 Å². The van der Waals surface area contributed by atoms with Gasteiger partial charge in [0.1, 0.15) is 10.6 Å². The molecular formula is C19H10ClNOS. The van der Waals surface area contributed by atoms with Crippen LogP contribution in [0.2, 0.25) is 5.02 Å². The molecule has 0 amide bonds. The van der Waals surface area contributed by atoms with E-state index in [9.17, 15) is 0 Å². The summed E-state index contributed by atoms with van der Waals surface area (Å²) in [5, 5.41) is 3.80. The SMILES string of the molecule is Clc1cccc2c1oc1ccc3nc(-c4ccccc4)sc3c12. The minimum absolute atomic E-state index is 0.639. The van der Waals surface area contributed by atoms with Crippen LogP contribution in [0.15, 0.2) is 65.1 Å². The molecule has 5 aromatic rings. The predicted octanol–water partition coefficient (Wildman–Crippen LogP) is 6.52. The average Bonchev–Trinajstić information content (AvgIpc) is 3.17. The summed E-state index contributed by atoms with van der Waals surface area (Å²) >= 11 is 7.97. The number of halogens is 1. The van der Waals surface area contributed by atoms with Crippen molar-refractivity contribution in [2.24, 2.45) is 0 Å². The van der Waals surface area contributed by atoms with E-state index in [1.54, 1.807) is 11.3 Å². The van der Waals surface area contributed by atoms with Gasteiger partial charge in [0.2, 0.25) is 0 Å². The van der Waals surface area contributed by atoms with E-state index in [1.165, 1.54) is 0 Å². The van der Waals surface area contributed by atoms with Crippen LogP contribution in [0.1, 0.15) is 0 Å². The Morgan fingerprint density at radius 1 is 0.913 bits per heavy atom. The van der Waals surface area contributed by atoms with Crippen molar-refractivity contribution in [1.29, 1.82) is 0 Å². The molecule has 2 heterocycles. The number of rotatable bonds is 1. The number of benzene rings is 3. The monoisotopic (exact) mass is 335 g/mol. The van der Waals surface area contributed by atoms with Gasteiger partial charge in [0, 0.05) is 16.3 Å². The molecular weight excluding hydrogens is 326 g/mol. The van der Waals surface area contributed by atoms with Crippen LogP contribution in [0.3, 0.4) is 0 Å². The summed E-state index contributed by atoms with van der Waals surface area (Å²) in [6.07, 6.45) is 0. The van der Waals surface area contributed by atoms with Gasteiger partial charge in [-0.15, -0.1) is 11.3 Å². The highest BCUT2D eigenvalue weighted by Crippen LogP contribution is 2.41. The minimum Gasteiger partial charge on any atom is -0.454 e. The first-order chi connectivity index (χ1) is 11.3. The molecule has 0 aliphatic heterocycles. The third-order valence-electron chi connectivity index (χ3n) is 3.99. The van der Waals surface area contributed by atoms with Crippen LogP contribution in [0, 0.1) is 0 Å². The summed E-state index contributed by atoms with van der Waals surface area (Å²) in [6.45, 7) is 0. The number of nitrogens with zero attached hydrogens (tertiary/aromatic N) is 1. The first kappa shape index (κ1) is 13.1. The van der Waals surface area contributed by atoms with Gasteiger partial charge in [0.25, 0.3) is 0 Å². The molecule has 23 heavy (non-hydrogen) atoms. The van der Waals surface area contributed by atoms with Crippen LogP contribution in [0.4, 0.5) is 0 Å². The summed E-state index contributed by atoms with van der Waals surface area (Å²) in [5.74, 6) is 0. The van der Waals surface area contributed by atoms with E-state index < -0.39 is 0 Å². The number of para-hydroxylation sites is 1. The number of furan rings is 1. The van der Waals surface area contributed by atoms with Crippen molar-refractivity contribution in [3.63, 3.8) is 0 Å². The average molecular weight is 336 g/mol. The fraction of sp³-hybridized carbons (Fsp3) is 0. The molecule has 0 fully saturated rings. The molecule has 0 aliphatic carbocycles.